The number of aromatic nitrogens is 2. The average Bonchev–Trinajstić information content (AvgIpc) is 3.50. The molecular weight excluding hydrogens is 815 g/mol. The molecule has 0 unspecified atom stereocenters. The van der Waals surface area contributed by atoms with Crippen LogP contribution in [0.15, 0.2) is 114 Å². The van der Waals surface area contributed by atoms with Crippen LogP contribution in [0.3, 0.4) is 0 Å². The van der Waals surface area contributed by atoms with Crippen molar-refractivity contribution in [3.63, 3.8) is 0 Å². The molecule has 0 saturated heterocycles. The first-order valence-corrected chi connectivity index (χ1v) is 17.5. The van der Waals surface area contributed by atoms with Crippen LogP contribution in [0.1, 0.15) is 84.6 Å². The Morgan fingerprint density at radius 2 is 1.35 bits per heavy atom. The molecule has 3 heterocycles. The van der Waals surface area contributed by atoms with E-state index in [0.29, 0.717) is 5.56 Å². The molecular formula is C47H45IrN3O-2. The van der Waals surface area contributed by atoms with E-state index in [-0.39, 0.29) is 36.4 Å². The largest absolute Gasteiger partial charge is 0.500 e. The summed E-state index contributed by atoms with van der Waals surface area (Å²) >= 11 is 0. The van der Waals surface area contributed by atoms with Crippen molar-refractivity contribution in [3.05, 3.63) is 144 Å². The maximum Gasteiger partial charge on any atom is 0.130 e. The minimum atomic E-state index is -0.114. The van der Waals surface area contributed by atoms with E-state index in [4.69, 9.17) is 4.42 Å². The fraction of sp³-hybridized carbons (Fsp3) is 0.255. The second-order valence-corrected chi connectivity index (χ2v) is 16.1. The van der Waals surface area contributed by atoms with Crippen LogP contribution in [0.5, 0.6) is 0 Å². The van der Waals surface area contributed by atoms with Crippen molar-refractivity contribution in [2.24, 2.45) is 0 Å². The van der Waals surface area contributed by atoms with Crippen LogP contribution < -0.4 is 0 Å². The Bertz CT molecular complexity index is 2330. The van der Waals surface area contributed by atoms with Gasteiger partial charge in [-0.3, -0.25) is 0 Å². The van der Waals surface area contributed by atoms with Crippen LogP contribution >= 0.6 is 0 Å². The number of nitrogens with zero attached hydrogens (tertiary/aromatic N) is 3. The van der Waals surface area contributed by atoms with Crippen molar-refractivity contribution in [2.75, 3.05) is 0 Å². The molecule has 0 aliphatic carbocycles. The van der Waals surface area contributed by atoms with Crippen LogP contribution in [0, 0.1) is 23.5 Å². The summed E-state index contributed by atoms with van der Waals surface area (Å²) in [5.74, 6) is 0. The van der Waals surface area contributed by atoms with E-state index in [0.717, 1.165) is 61.1 Å². The third-order valence-electron chi connectivity index (χ3n) is 9.22. The molecule has 265 valence electrons. The van der Waals surface area contributed by atoms with Crippen molar-refractivity contribution < 1.29 is 24.5 Å². The summed E-state index contributed by atoms with van der Waals surface area (Å²) in [4.78, 5) is 9.05. The Morgan fingerprint density at radius 3 is 1.90 bits per heavy atom. The van der Waals surface area contributed by atoms with Crippen LogP contribution in [-0.2, 0) is 36.4 Å². The number of fused-ring (bicyclic) bond motifs is 3. The molecule has 0 atom stereocenters. The van der Waals surface area contributed by atoms with Crippen LogP contribution in [0.2, 0.25) is 0 Å². The topological polar surface area (TPSA) is 62.7 Å². The van der Waals surface area contributed by atoms with Gasteiger partial charge in [0.15, 0.2) is 0 Å². The molecule has 0 spiro atoms. The Balaban J connectivity index is 0.000000258. The molecule has 0 bridgehead atoms. The van der Waals surface area contributed by atoms with Crippen LogP contribution in [0.25, 0.3) is 55.6 Å². The Morgan fingerprint density at radius 1 is 0.654 bits per heavy atom. The van der Waals surface area contributed by atoms with Gasteiger partial charge in [-0.2, -0.15) is 5.26 Å². The standard InChI is InChI=1S/C32H29N2O.C15H16N.Ir/c1-31(2,3)22-13-10-20(11-14-22)27-21(19-33)12-15-24-28-25(32(4,5)6)17-16-23(29(28)35-30(24)27)26-9-7-8-18-34-26;1-15(2,3)13-9-10-14(16-11-13)12-7-5-4-6-8-12;/h7-15,17-18H,1-6H3;4-7,9-11H,1-3H3;/q2*-1;. The first-order chi connectivity index (χ1) is 24.2. The number of rotatable bonds is 3. The van der Waals surface area contributed by atoms with Gasteiger partial charge in [-0.05, 0) is 56.5 Å². The molecule has 7 rings (SSSR count). The predicted molar refractivity (Wildman–Crippen MR) is 211 cm³/mol. The van der Waals surface area contributed by atoms with Gasteiger partial charge < -0.3 is 14.4 Å². The molecule has 0 aliphatic rings. The fourth-order valence-corrected chi connectivity index (χ4v) is 6.24. The molecule has 4 aromatic carbocycles. The zero-order chi connectivity index (χ0) is 36.6. The molecule has 1 radical (unpaired) electrons. The van der Waals surface area contributed by atoms with Gasteiger partial charge in [0.25, 0.3) is 0 Å². The summed E-state index contributed by atoms with van der Waals surface area (Å²) in [6.45, 7) is 19.8. The van der Waals surface area contributed by atoms with E-state index >= 15 is 0 Å². The quantitative estimate of drug-likeness (QED) is 0.166. The second-order valence-electron chi connectivity index (χ2n) is 16.1. The van der Waals surface area contributed by atoms with Crippen LogP contribution in [-0.4, -0.2) is 9.97 Å². The van der Waals surface area contributed by atoms with Gasteiger partial charge in [0.1, 0.15) is 5.58 Å². The van der Waals surface area contributed by atoms with Crippen LogP contribution in [0.4, 0.5) is 0 Å². The molecule has 0 N–H and O–H groups in total. The third-order valence-corrected chi connectivity index (χ3v) is 9.22. The van der Waals surface area contributed by atoms with Gasteiger partial charge >= 0.3 is 0 Å². The molecule has 7 aromatic rings. The van der Waals surface area contributed by atoms with E-state index in [1.807, 2.05) is 60.8 Å². The first-order valence-electron chi connectivity index (χ1n) is 17.5. The number of nitriles is 1. The van der Waals surface area contributed by atoms with Crippen molar-refractivity contribution in [1.82, 2.24) is 9.97 Å². The first kappa shape index (κ1) is 38.4. The molecule has 3 aromatic heterocycles. The summed E-state index contributed by atoms with van der Waals surface area (Å²) in [5, 5.41) is 12.1. The monoisotopic (exact) mass is 860 g/mol. The predicted octanol–water partition coefficient (Wildman–Crippen LogP) is 12.4. The minimum Gasteiger partial charge on any atom is -0.500 e. The summed E-state index contributed by atoms with van der Waals surface area (Å²) in [6, 6.07) is 41.5. The smallest absolute Gasteiger partial charge is 0.130 e. The molecule has 4 nitrogen and oxygen atoms in total. The van der Waals surface area contributed by atoms with Gasteiger partial charge in [-0.15, -0.1) is 53.6 Å². The third kappa shape index (κ3) is 7.95. The molecule has 0 fully saturated rings. The number of hydrogen-bond donors (Lipinski definition) is 0. The number of benzene rings is 4. The van der Waals surface area contributed by atoms with Crippen molar-refractivity contribution in [3.8, 4) is 39.7 Å². The molecule has 5 heteroatoms. The molecule has 52 heavy (non-hydrogen) atoms. The van der Waals surface area contributed by atoms with Gasteiger partial charge in [0.2, 0.25) is 0 Å². The fourth-order valence-electron chi connectivity index (χ4n) is 6.24. The number of pyridine rings is 2. The van der Waals surface area contributed by atoms with Gasteiger partial charge in [0, 0.05) is 43.4 Å². The zero-order valence-electron chi connectivity index (χ0n) is 31.5. The number of furan rings is 1. The molecule has 0 aliphatic heterocycles. The van der Waals surface area contributed by atoms with Gasteiger partial charge in [-0.1, -0.05) is 128 Å². The van der Waals surface area contributed by atoms with E-state index in [1.165, 1.54) is 11.1 Å². The van der Waals surface area contributed by atoms with Crippen molar-refractivity contribution >= 4 is 21.9 Å². The summed E-state index contributed by atoms with van der Waals surface area (Å²) in [7, 11) is 0. The minimum absolute atomic E-state index is 0. The maximum absolute atomic E-state index is 10.0. The SMILES string of the molecule is CC(C)(C)c1ccc(-c2[c-]cccc2)nc1.CC(C)(C)c1ccc(-c2c(C#N)ccc3c2oc2c(-c4ccccn4)[c-]cc(C(C)(C)C)c23)cc1.[Ir]. The average molecular weight is 860 g/mol. The Kier molecular flexibility index (Phi) is 11.1. The Labute approximate surface area is 322 Å². The summed E-state index contributed by atoms with van der Waals surface area (Å²) in [6.07, 6.45) is 3.74. The summed E-state index contributed by atoms with van der Waals surface area (Å²) < 4.78 is 6.68. The van der Waals surface area contributed by atoms with E-state index in [9.17, 15) is 5.26 Å². The Hall–Kier alpha value is -4.88. The van der Waals surface area contributed by atoms with E-state index < -0.39 is 0 Å². The van der Waals surface area contributed by atoms with Gasteiger partial charge in [0.05, 0.1) is 17.2 Å². The molecule has 0 amide bonds. The second kappa shape index (κ2) is 15.0. The number of hydrogen-bond acceptors (Lipinski definition) is 4. The van der Waals surface area contributed by atoms with E-state index in [1.54, 1.807) is 6.20 Å². The van der Waals surface area contributed by atoms with Crippen molar-refractivity contribution in [1.29, 1.82) is 5.26 Å². The summed E-state index contributed by atoms with van der Waals surface area (Å²) in [5.41, 5.74) is 11.3. The normalized spacial score (nSPS) is 11.8. The zero-order valence-corrected chi connectivity index (χ0v) is 33.9. The van der Waals surface area contributed by atoms with Crippen molar-refractivity contribution in [2.45, 2.75) is 78.6 Å². The van der Waals surface area contributed by atoms with Gasteiger partial charge in [-0.25, -0.2) is 0 Å². The maximum atomic E-state index is 10.0. The molecule has 0 saturated carbocycles. The van der Waals surface area contributed by atoms with E-state index in [2.05, 4.69) is 133 Å².